The fourth-order valence-corrected chi connectivity index (χ4v) is 2.41. The molecule has 0 aromatic carbocycles. The van der Waals surface area contributed by atoms with Crippen LogP contribution in [-0.4, -0.2) is 19.5 Å². The predicted octanol–water partition coefficient (Wildman–Crippen LogP) is 2.97. The Morgan fingerprint density at radius 1 is 0.737 bits per heavy atom. The Kier molecular flexibility index (Phi) is 2.08. The van der Waals surface area contributed by atoms with Crippen molar-refractivity contribution < 1.29 is 0 Å². The van der Waals surface area contributed by atoms with Gasteiger partial charge in [-0.15, -0.1) is 0 Å². The summed E-state index contributed by atoms with van der Waals surface area (Å²) in [6.45, 7) is 0. The minimum absolute atomic E-state index is 0.918. The summed E-state index contributed by atoms with van der Waals surface area (Å²) < 4.78 is 2.14. The van der Waals surface area contributed by atoms with Gasteiger partial charge in [-0.1, -0.05) is 0 Å². The summed E-state index contributed by atoms with van der Waals surface area (Å²) in [7, 11) is 0. The highest BCUT2D eigenvalue weighted by Gasteiger charge is 2.12. The molecule has 0 aliphatic heterocycles. The molecule has 0 N–H and O–H groups in total. The SMILES string of the molecule is c1cncc(-n2c3cccnc3c3ncccc32)c1. The molecule has 4 aromatic heterocycles. The van der Waals surface area contributed by atoms with E-state index in [1.165, 1.54) is 0 Å². The molecule has 0 fully saturated rings. The van der Waals surface area contributed by atoms with Crippen LogP contribution < -0.4 is 0 Å². The number of aromatic nitrogens is 4. The molecular formula is C15H10N4. The van der Waals surface area contributed by atoms with E-state index in [0.717, 1.165) is 27.8 Å². The van der Waals surface area contributed by atoms with Crippen molar-refractivity contribution in [2.75, 3.05) is 0 Å². The van der Waals surface area contributed by atoms with Gasteiger partial charge in [0, 0.05) is 18.6 Å². The molecule has 0 aliphatic rings. The molecular weight excluding hydrogens is 236 g/mol. The highest BCUT2D eigenvalue weighted by Crippen LogP contribution is 2.28. The molecule has 4 nitrogen and oxygen atoms in total. The van der Waals surface area contributed by atoms with Gasteiger partial charge in [-0.3, -0.25) is 15.0 Å². The van der Waals surface area contributed by atoms with Crippen LogP contribution in [0.25, 0.3) is 27.8 Å². The normalized spacial score (nSPS) is 11.2. The zero-order chi connectivity index (χ0) is 12.7. The molecule has 0 unspecified atom stereocenters. The zero-order valence-corrected chi connectivity index (χ0v) is 10.1. The molecule has 0 saturated heterocycles. The fourth-order valence-electron chi connectivity index (χ4n) is 2.41. The number of rotatable bonds is 1. The van der Waals surface area contributed by atoms with E-state index in [1.807, 2.05) is 30.5 Å². The van der Waals surface area contributed by atoms with E-state index < -0.39 is 0 Å². The van der Waals surface area contributed by atoms with Gasteiger partial charge in [-0.25, -0.2) is 0 Å². The summed E-state index contributed by atoms with van der Waals surface area (Å²) in [5.41, 5.74) is 4.95. The summed E-state index contributed by atoms with van der Waals surface area (Å²) in [4.78, 5) is 13.1. The van der Waals surface area contributed by atoms with Gasteiger partial charge in [0.25, 0.3) is 0 Å². The van der Waals surface area contributed by atoms with E-state index in [9.17, 15) is 0 Å². The van der Waals surface area contributed by atoms with Crippen molar-refractivity contribution in [2.45, 2.75) is 0 Å². The lowest BCUT2D eigenvalue weighted by Gasteiger charge is -2.05. The van der Waals surface area contributed by atoms with Crippen LogP contribution in [-0.2, 0) is 0 Å². The number of nitrogens with zero attached hydrogens (tertiary/aromatic N) is 4. The van der Waals surface area contributed by atoms with Crippen molar-refractivity contribution in [3.63, 3.8) is 0 Å². The standard InChI is InChI=1S/C15H10N4/c1-4-11(10-16-7-1)19-12-5-2-8-17-14(12)15-13(19)6-3-9-18-15/h1-10H. The van der Waals surface area contributed by atoms with Crippen LogP contribution in [0.2, 0.25) is 0 Å². The van der Waals surface area contributed by atoms with Crippen molar-refractivity contribution in [1.82, 2.24) is 19.5 Å². The van der Waals surface area contributed by atoms with E-state index in [2.05, 4.69) is 31.7 Å². The molecule has 0 bridgehead atoms. The minimum Gasteiger partial charge on any atom is -0.304 e. The first-order valence-corrected chi connectivity index (χ1v) is 6.06. The second-order valence-corrected chi connectivity index (χ2v) is 4.29. The largest absolute Gasteiger partial charge is 0.304 e. The maximum absolute atomic E-state index is 4.45. The summed E-state index contributed by atoms with van der Waals surface area (Å²) in [5.74, 6) is 0. The molecule has 0 radical (unpaired) electrons. The fraction of sp³-hybridized carbons (Fsp3) is 0. The first-order chi connectivity index (χ1) is 9.45. The third kappa shape index (κ3) is 1.43. The van der Waals surface area contributed by atoms with Gasteiger partial charge in [0.15, 0.2) is 0 Å². The number of hydrogen-bond donors (Lipinski definition) is 0. The van der Waals surface area contributed by atoms with Gasteiger partial charge in [-0.2, -0.15) is 0 Å². The average molecular weight is 246 g/mol. The van der Waals surface area contributed by atoms with Crippen LogP contribution in [0.15, 0.2) is 61.2 Å². The molecule has 4 aromatic rings. The molecule has 4 heterocycles. The van der Waals surface area contributed by atoms with Crippen LogP contribution in [0.5, 0.6) is 0 Å². The van der Waals surface area contributed by atoms with E-state index in [4.69, 9.17) is 0 Å². The Labute approximate surface area is 109 Å². The zero-order valence-electron chi connectivity index (χ0n) is 10.1. The Balaban J connectivity index is 2.24. The maximum Gasteiger partial charge on any atom is 0.115 e. The van der Waals surface area contributed by atoms with Gasteiger partial charge in [0.2, 0.25) is 0 Å². The lowest BCUT2D eigenvalue weighted by atomic mass is 10.3. The monoisotopic (exact) mass is 246 g/mol. The molecule has 0 spiro atoms. The maximum atomic E-state index is 4.45. The van der Waals surface area contributed by atoms with Crippen molar-refractivity contribution in [3.05, 3.63) is 61.2 Å². The van der Waals surface area contributed by atoms with E-state index in [0.29, 0.717) is 0 Å². The second kappa shape index (κ2) is 3.88. The molecule has 0 atom stereocenters. The Morgan fingerprint density at radius 2 is 1.37 bits per heavy atom. The third-order valence-electron chi connectivity index (χ3n) is 3.18. The molecule has 90 valence electrons. The van der Waals surface area contributed by atoms with Gasteiger partial charge in [0.05, 0.1) is 22.9 Å². The topological polar surface area (TPSA) is 43.6 Å². The first-order valence-electron chi connectivity index (χ1n) is 6.06. The first kappa shape index (κ1) is 10.2. The van der Waals surface area contributed by atoms with Crippen molar-refractivity contribution in [1.29, 1.82) is 0 Å². The van der Waals surface area contributed by atoms with Gasteiger partial charge in [0.1, 0.15) is 11.0 Å². The molecule has 19 heavy (non-hydrogen) atoms. The Bertz CT molecular complexity index is 812. The number of hydrogen-bond acceptors (Lipinski definition) is 3. The third-order valence-corrected chi connectivity index (χ3v) is 3.18. The Hall–Kier alpha value is -2.75. The quantitative estimate of drug-likeness (QED) is 0.518. The van der Waals surface area contributed by atoms with Gasteiger partial charge in [-0.05, 0) is 36.4 Å². The average Bonchev–Trinajstić information content (AvgIpc) is 2.83. The van der Waals surface area contributed by atoms with Crippen LogP contribution in [0.1, 0.15) is 0 Å². The molecule has 4 heteroatoms. The molecule has 0 saturated carbocycles. The lowest BCUT2D eigenvalue weighted by molar-refractivity contribution is 1.14. The molecule has 0 amide bonds. The van der Waals surface area contributed by atoms with E-state index >= 15 is 0 Å². The van der Waals surface area contributed by atoms with Crippen LogP contribution in [0, 0.1) is 0 Å². The van der Waals surface area contributed by atoms with Crippen molar-refractivity contribution in [2.24, 2.45) is 0 Å². The highest BCUT2D eigenvalue weighted by molar-refractivity contribution is 6.04. The highest BCUT2D eigenvalue weighted by atomic mass is 15.0. The summed E-state index contributed by atoms with van der Waals surface area (Å²) in [6, 6.07) is 11.9. The molecule has 4 rings (SSSR count). The van der Waals surface area contributed by atoms with Gasteiger partial charge < -0.3 is 4.57 Å². The number of fused-ring (bicyclic) bond motifs is 3. The molecule has 0 aliphatic carbocycles. The second-order valence-electron chi connectivity index (χ2n) is 4.29. The summed E-state index contributed by atoms with van der Waals surface area (Å²) in [5, 5.41) is 0. The summed E-state index contributed by atoms with van der Waals surface area (Å²) in [6.07, 6.45) is 7.21. The van der Waals surface area contributed by atoms with Crippen LogP contribution >= 0.6 is 0 Å². The number of pyridine rings is 3. The minimum atomic E-state index is 0.918. The van der Waals surface area contributed by atoms with Gasteiger partial charge >= 0.3 is 0 Å². The van der Waals surface area contributed by atoms with E-state index in [-0.39, 0.29) is 0 Å². The summed E-state index contributed by atoms with van der Waals surface area (Å²) >= 11 is 0. The smallest absolute Gasteiger partial charge is 0.115 e. The predicted molar refractivity (Wildman–Crippen MR) is 74.2 cm³/mol. The van der Waals surface area contributed by atoms with Crippen LogP contribution in [0.3, 0.4) is 0 Å². The Morgan fingerprint density at radius 3 is 1.95 bits per heavy atom. The van der Waals surface area contributed by atoms with E-state index in [1.54, 1.807) is 18.6 Å². The van der Waals surface area contributed by atoms with Crippen molar-refractivity contribution >= 4 is 22.1 Å². The van der Waals surface area contributed by atoms with Crippen molar-refractivity contribution in [3.8, 4) is 5.69 Å². The lowest BCUT2D eigenvalue weighted by Crippen LogP contribution is -1.94. The van der Waals surface area contributed by atoms with Crippen LogP contribution in [0.4, 0.5) is 0 Å².